The molecule has 0 bridgehead atoms. The molecule has 2 aromatic carbocycles. The minimum atomic E-state index is -0.196. The number of nitrogens with one attached hydrogen (secondary N) is 1. The highest BCUT2D eigenvalue weighted by Gasteiger charge is 2.29. The molecule has 2 atom stereocenters. The van der Waals surface area contributed by atoms with Gasteiger partial charge in [-0.2, -0.15) is 0 Å². The number of benzene rings is 2. The van der Waals surface area contributed by atoms with E-state index in [2.05, 4.69) is 23.6 Å². The molecule has 0 heterocycles. The number of hydrazine groups is 1. The van der Waals surface area contributed by atoms with Gasteiger partial charge in [-0.3, -0.25) is 11.3 Å². The lowest BCUT2D eigenvalue weighted by atomic mass is 9.77. The molecule has 104 valence electrons. The Balaban J connectivity index is 2.01. The average molecular weight is 270 g/mol. The first-order valence-electron chi connectivity index (χ1n) is 7.09. The SMILES string of the molecule is NNC(c1ccccc1F)C1CCCc2ccccc21. The van der Waals surface area contributed by atoms with E-state index in [1.165, 1.54) is 17.2 Å². The van der Waals surface area contributed by atoms with E-state index in [1.807, 2.05) is 18.2 Å². The van der Waals surface area contributed by atoms with Gasteiger partial charge in [-0.1, -0.05) is 42.5 Å². The van der Waals surface area contributed by atoms with Gasteiger partial charge in [-0.15, -0.1) is 0 Å². The molecule has 0 saturated carbocycles. The summed E-state index contributed by atoms with van der Waals surface area (Å²) in [6.45, 7) is 0. The van der Waals surface area contributed by atoms with Crippen LogP contribution in [0.2, 0.25) is 0 Å². The van der Waals surface area contributed by atoms with Crippen LogP contribution < -0.4 is 11.3 Å². The topological polar surface area (TPSA) is 38.0 Å². The molecule has 0 radical (unpaired) electrons. The van der Waals surface area contributed by atoms with Gasteiger partial charge in [0.25, 0.3) is 0 Å². The molecule has 1 aliphatic carbocycles. The molecule has 2 unspecified atom stereocenters. The number of fused-ring (bicyclic) bond motifs is 1. The second kappa shape index (κ2) is 5.73. The van der Waals surface area contributed by atoms with Gasteiger partial charge in [0, 0.05) is 11.5 Å². The molecule has 3 rings (SSSR count). The number of nitrogens with two attached hydrogens (primary N) is 1. The summed E-state index contributed by atoms with van der Waals surface area (Å²) < 4.78 is 14.1. The Bertz CT molecular complexity index is 597. The minimum absolute atomic E-state index is 0.183. The fourth-order valence-corrected chi connectivity index (χ4v) is 3.29. The number of hydrogen-bond donors (Lipinski definition) is 2. The molecule has 3 N–H and O–H groups in total. The molecule has 2 nitrogen and oxygen atoms in total. The Morgan fingerprint density at radius 1 is 1.10 bits per heavy atom. The third-order valence-corrected chi connectivity index (χ3v) is 4.24. The molecular weight excluding hydrogens is 251 g/mol. The summed E-state index contributed by atoms with van der Waals surface area (Å²) >= 11 is 0. The number of hydrogen-bond acceptors (Lipinski definition) is 2. The molecular formula is C17H19FN2. The summed E-state index contributed by atoms with van der Waals surface area (Å²) in [7, 11) is 0. The van der Waals surface area contributed by atoms with E-state index in [0.717, 1.165) is 19.3 Å². The van der Waals surface area contributed by atoms with Gasteiger partial charge in [0.1, 0.15) is 5.82 Å². The van der Waals surface area contributed by atoms with Crippen LogP contribution in [-0.2, 0) is 6.42 Å². The van der Waals surface area contributed by atoms with E-state index < -0.39 is 0 Å². The summed E-state index contributed by atoms with van der Waals surface area (Å²) in [6.07, 6.45) is 3.25. The van der Waals surface area contributed by atoms with Crippen molar-refractivity contribution in [3.05, 3.63) is 71.0 Å². The van der Waals surface area contributed by atoms with Crippen LogP contribution in [0.1, 0.15) is 41.5 Å². The molecule has 0 spiro atoms. The van der Waals surface area contributed by atoms with Gasteiger partial charge in [0.05, 0.1) is 6.04 Å². The van der Waals surface area contributed by atoms with Gasteiger partial charge < -0.3 is 0 Å². The molecule has 0 amide bonds. The van der Waals surface area contributed by atoms with Crippen LogP contribution in [0.15, 0.2) is 48.5 Å². The predicted molar refractivity (Wildman–Crippen MR) is 78.6 cm³/mol. The number of aryl methyl sites for hydroxylation is 1. The molecule has 20 heavy (non-hydrogen) atoms. The zero-order valence-corrected chi connectivity index (χ0v) is 11.4. The van der Waals surface area contributed by atoms with Gasteiger partial charge in [0.15, 0.2) is 0 Å². The highest BCUT2D eigenvalue weighted by Crippen LogP contribution is 2.40. The number of rotatable bonds is 3. The molecule has 0 aromatic heterocycles. The quantitative estimate of drug-likeness (QED) is 0.662. The maximum absolute atomic E-state index is 14.1. The summed E-state index contributed by atoms with van der Waals surface area (Å²) in [6, 6.07) is 15.1. The zero-order valence-electron chi connectivity index (χ0n) is 11.4. The van der Waals surface area contributed by atoms with Crippen LogP contribution in [0.5, 0.6) is 0 Å². The fraction of sp³-hybridized carbons (Fsp3) is 0.294. The smallest absolute Gasteiger partial charge is 0.128 e. The van der Waals surface area contributed by atoms with Crippen LogP contribution in [-0.4, -0.2) is 0 Å². The first kappa shape index (κ1) is 13.3. The first-order valence-corrected chi connectivity index (χ1v) is 7.09. The van der Waals surface area contributed by atoms with E-state index in [-0.39, 0.29) is 17.8 Å². The standard InChI is InChI=1S/C17H19FN2/c18-16-11-4-3-9-15(16)17(20-19)14-10-5-7-12-6-1-2-8-13(12)14/h1-4,6,8-9,11,14,17,20H,5,7,10,19H2. The second-order valence-corrected chi connectivity index (χ2v) is 5.36. The summed E-state index contributed by atoms with van der Waals surface area (Å²) in [5.74, 6) is 5.77. The van der Waals surface area contributed by atoms with E-state index in [4.69, 9.17) is 5.84 Å². The van der Waals surface area contributed by atoms with Crippen molar-refractivity contribution in [2.24, 2.45) is 5.84 Å². The monoisotopic (exact) mass is 270 g/mol. The van der Waals surface area contributed by atoms with Crippen molar-refractivity contribution in [2.45, 2.75) is 31.2 Å². The summed E-state index contributed by atoms with van der Waals surface area (Å²) in [4.78, 5) is 0. The molecule has 0 aliphatic heterocycles. The molecule has 1 aliphatic rings. The Kier molecular flexibility index (Phi) is 3.81. The summed E-state index contributed by atoms with van der Waals surface area (Å²) in [5, 5.41) is 0. The van der Waals surface area contributed by atoms with E-state index in [1.54, 1.807) is 6.07 Å². The Morgan fingerprint density at radius 2 is 1.85 bits per heavy atom. The van der Waals surface area contributed by atoms with E-state index in [9.17, 15) is 4.39 Å². The normalized spacial score (nSPS) is 19.4. The largest absolute Gasteiger partial charge is 0.271 e. The van der Waals surface area contributed by atoms with Crippen molar-refractivity contribution < 1.29 is 4.39 Å². The van der Waals surface area contributed by atoms with Crippen LogP contribution >= 0.6 is 0 Å². The van der Waals surface area contributed by atoms with Crippen LogP contribution in [0.25, 0.3) is 0 Å². The van der Waals surface area contributed by atoms with Crippen molar-refractivity contribution in [3.63, 3.8) is 0 Å². The number of halogens is 1. The van der Waals surface area contributed by atoms with Crippen LogP contribution in [0.4, 0.5) is 4.39 Å². The van der Waals surface area contributed by atoms with E-state index >= 15 is 0 Å². The van der Waals surface area contributed by atoms with Crippen LogP contribution in [0.3, 0.4) is 0 Å². The third kappa shape index (κ3) is 2.35. The lowest BCUT2D eigenvalue weighted by molar-refractivity contribution is 0.395. The maximum atomic E-state index is 14.1. The summed E-state index contributed by atoms with van der Waals surface area (Å²) in [5.41, 5.74) is 6.14. The molecule has 3 heteroatoms. The zero-order chi connectivity index (χ0) is 13.9. The Morgan fingerprint density at radius 3 is 2.65 bits per heavy atom. The van der Waals surface area contributed by atoms with Crippen molar-refractivity contribution in [1.29, 1.82) is 0 Å². The highest BCUT2D eigenvalue weighted by atomic mass is 19.1. The van der Waals surface area contributed by atoms with Crippen molar-refractivity contribution in [3.8, 4) is 0 Å². The fourth-order valence-electron chi connectivity index (χ4n) is 3.29. The van der Waals surface area contributed by atoms with Crippen molar-refractivity contribution >= 4 is 0 Å². The predicted octanol–water partition coefficient (Wildman–Crippen LogP) is 3.45. The molecule has 2 aromatic rings. The van der Waals surface area contributed by atoms with Gasteiger partial charge >= 0.3 is 0 Å². The minimum Gasteiger partial charge on any atom is -0.271 e. The molecule has 0 fully saturated rings. The van der Waals surface area contributed by atoms with Crippen molar-refractivity contribution in [2.75, 3.05) is 0 Å². The first-order chi connectivity index (χ1) is 9.81. The molecule has 0 saturated heterocycles. The highest BCUT2D eigenvalue weighted by molar-refractivity contribution is 5.36. The van der Waals surface area contributed by atoms with Crippen molar-refractivity contribution in [1.82, 2.24) is 5.43 Å². The lowest BCUT2D eigenvalue weighted by Crippen LogP contribution is -2.34. The lowest BCUT2D eigenvalue weighted by Gasteiger charge is -2.32. The van der Waals surface area contributed by atoms with E-state index in [0.29, 0.717) is 5.56 Å². The van der Waals surface area contributed by atoms with Gasteiger partial charge in [-0.25, -0.2) is 4.39 Å². The maximum Gasteiger partial charge on any atom is 0.128 e. The second-order valence-electron chi connectivity index (χ2n) is 5.36. The Labute approximate surface area is 118 Å². The average Bonchev–Trinajstić information content (AvgIpc) is 2.50. The third-order valence-electron chi connectivity index (χ3n) is 4.24. The van der Waals surface area contributed by atoms with Crippen LogP contribution in [0, 0.1) is 5.82 Å². The van der Waals surface area contributed by atoms with Gasteiger partial charge in [-0.05, 0) is 36.5 Å². The Hall–Kier alpha value is -1.71. The van der Waals surface area contributed by atoms with Gasteiger partial charge in [0.2, 0.25) is 0 Å².